The van der Waals surface area contributed by atoms with E-state index in [9.17, 15) is 0 Å². The molecule has 0 aromatic heterocycles. The zero-order chi connectivity index (χ0) is 15.4. The summed E-state index contributed by atoms with van der Waals surface area (Å²) in [5.74, 6) is 0. The van der Waals surface area contributed by atoms with Crippen molar-refractivity contribution in [2.45, 2.75) is 33.4 Å². The van der Waals surface area contributed by atoms with Crippen LogP contribution in [0.15, 0.2) is 42.5 Å². The number of rotatable bonds is 5. The molecule has 2 aromatic rings. The van der Waals surface area contributed by atoms with E-state index in [0.29, 0.717) is 6.04 Å². The monoisotopic (exact) mass is 302 g/mol. The predicted molar refractivity (Wildman–Crippen MR) is 92.7 cm³/mol. The fraction of sp³-hybridized carbons (Fsp3) is 0.333. The molecule has 0 amide bonds. The molecular formula is C18H23ClN2. The van der Waals surface area contributed by atoms with Gasteiger partial charge in [-0.25, -0.2) is 0 Å². The molecule has 0 bridgehead atoms. The maximum absolute atomic E-state index is 6.20. The third kappa shape index (κ3) is 3.99. The van der Waals surface area contributed by atoms with E-state index in [1.54, 1.807) is 0 Å². The van der Waals surface area contributed by atoms with Gasteiger partial charge in [0.25, 0.3) is 0 Å². The van der Waals surface area contributed by atoms with Gasteiger partial charge < -0.3 is 10.2 Å². The zero-order valence-electron chi connectivity index (χ0n) is 13.2. The molecule has 0 fully saturated rings. The highest BCUT2D eigenvalue weighted by molar-refractivity contribution is 6.30. The summed E-state index contributed by atoms with van der Waals surface area (Å²) in [6, 6.07) is 14.9. The van der Waals surface area contributed by atoms with Gasteiger partial charge in [-0.05, 0) is 36.2 Å². The van der Waals surface area contributed by atoms with E-state index in [1.807, 2.05) is 12.1 Å². The van der Waals surface area contributed by atoms with Crippen molar-refractivity contribution in [3.63, 3.8) is 0 Å². The number of aryl methyl sites for hydroxylation is 1. The van der Waals surface area contributed by atoms with Crippen molar-refractivity contribution in [2.75, 3.05) is 11.9 Å². The van der Waals surface area contributed by atoms with Gasteiger partial charge in [0.05, 0.1) is 0 Å². The molecule has 0 aliphatic rings. The summed E-state index contributed by atoms with van der Waals surface area (Å²) in [4.78, 5) is 2.21. The van der Waals surface area contributed by atoms with Crippen molar-refractivity contribution in [3.8, 4) is 0 Å². The van der Waals surface area contributed by atoms with E-state index in [1.165, 1.54) is 16.8 Å². The van der Waals surface area contributed by atoms with Crippen molar-refractivity contribution in [2.24, 2.45) is 0 Å². The van der Waals surface area contributed by atoms with E-state index in [-0.39, 0.29) is 0 Å². The predicted octanol–water partition coefficient (Wildman–Crippen LogP) is 4.91. The molecule has 2 nitrogen and oxygen atoms in total. The van der Waals surface area contributed by atoms with Crippen LogP contribution in [0.4, 0.5) is 11.4 Å². The van der Waals surface area contributed by atoms with E-state index >= 15 is 0 Å². The highest BCUT2D eigenvalue weighted by atomic mass is 35.5. The summed E-state index contributed by atoms with van der Waals surface area (Å²) in [5.41, 5.74) is 4.84. The minimum absolute atomic E-state index is 0.456. The molecule has 0 aliphatic carbocycles. The van der Waals surface area contributed by atoms with Crippen LogP contribution in [0.1, 0.15) is 25.0 Å². The smallest absolute Gasteiger partial charge is 0.0468 e. The SMILES string of the molecule is Cc1ccccc1N(C)c1cc(Cl)ccc1CNC(C)C. The maximum Gasteiger partial charge on any atom is 0.0468 e. The molecule has 0 atom stereocenters. The van der Waals surface area contributed by atoms with Crippen molar-refractivity contribution in [1.29, 1.82) is 0 Å². The average molecular weight is 303 g/mol. The standard InChI is InChI=1S/C18H23ClN2/c1-13(2)20-12-15-9-10-16(19)11-18(15)21(4)17-8-6-5-7-14(17)3/h5-11,13,20H,12H2,1-4H3. The number of benzene rings is 2. The number of anilines is 2. The van der Waals surface area contributed by atoms with E-state index in [4.69, 9.17) is 11.6 Å². The van der Waals surface area contributed by atoms with Crippen molar-refractivity contribution in [1.82, 2.24) is 5.32 Å². The van der Waals surface area contributed by atoms with Crippen LogP contribution in [0, 0.1) is 6.92 Å². The summed E-state index contributed by atoms with van der Waals surface area (Å²) in [5, 5.41) is 4.24. The number of nitrogens with zero attached hydrogens (tertiary/aromatic N) is 1. The topological polar surface area (TPSA) is 15.3 Å². The minimum atomic E-state index is 0.456. The second-order valence-corrected chi connectivity index (χ2v) is 6.09. The van der Waals surface area contributed by atoms with Crippen LogP contribution in [-0.2, 0) is 6.54 Å². The normalized spacial score (nSPS) is 11.0. The first-order chi connectivity index (χ1) is 9.99. The first-order valence-corrected chi connectivity index (χ1v) is 7.68. The Kier molecular flexibility index (Phi) is 5.27. The molecule has 0 aliphatic heterocycles. The summed E-state index contributed by atoms with van der Waals surface area (Å²) < 4.78 is 0. The van der Waals surface area contributed by atoms with Gasteiger partial charge in [-0.2, -0.15) is 0 Å². The second-order valence-electron chi connectivity index (χ2n) is 5.65. The van der Waals surface area contributed by atoms with Crippen molar-refractivity contribution < 1.29 is 0 Å². The maximum atomic E-state index is 6.20. The molecule has 0 saturated heterocycles. The third-order valence-electron chi connectivity index (χ3n) is 3.59. The molecular weight excluding hydrogens is 280 g/mol. The number of hydrogen-bond acceptors (Lipinski definition) is 2. The first-order valence-electron chi connectivity index (χ1n) is 7.30. The third-order valence-corrected chi connectivity index (χ3v) is 3.82. The fourth-order valence-corrected chi connectivity index (χ4v) is 2.55. The molecule has 0 saturated carbocycles. The Labute approximate surface area is 132 Å². The lowest BCUT2D eigenvalue weighted by Crippen LogP contribution is -2.23. The first kappa shape index (κ1) is 15.9. The van der Waals surface area contributed by atoms with Crippen molar-refractivity contribution >= 4 is 23.0 Å². The molecule has 112 valence electrons. The fourth-order valence-electron chi connectivity index (χ4n) is 2.38. The van der Waals surface area contributed by atoms with Crippen LogP contribution >= 0.6 is 11.6 Å². The Bertz CT molecular complexity index is 608. The average Bonchev–Trinajstić information content (AvgIpc) is 2.45. The van der Waals surface area contributed by atoms with Gasteiger partial charge in [-0.3, -0.25) is 0 Å². The lowest BCUT2D eigenvalue weighted by molar-refractivity contribution is 0.589. The lowest BCUT2D eigenvalue weighted by atomic mass is 10.1. The van der Waals surface area contributed by atoms with Gasteiger partial charge in [-0.1, -0.05) is 49.7 Å². The van der Waals surface area contributed by atoms with E-state index in [2.05, 4.69) is 68.4 Å². The Morgan fingerprint density at radius 3 is 2.48 bits per heavy atom. The minimum Gasteiger partial charge on any atom is -0.344 e. The highest BCUT2D eigenvalue weighted by Gasteiger charge is 2.12. The van der Waals surface area contributed by atoms with Crippen LogP contribution in [-0.4, -0.2) is 13.1 Å². The molecule has 0 unspecified atom stereocenters. The number of halogens is 1. The van der Waals surface area contributed by atoms with Crippen LogP contribution in [0.2, 0.25) is 5.02 Å². The van der Waals surface area contributed by atoms with Crippen LogP contribution < -0.4 is 10.2 Å². The number of nitrogens with one attached hydrogen (secondary N) is 1. The lowest BCUT2D eigenvalue weighted by Gasteiger charge is -2.25. The van der Waals surface area contributed by atoms with Crippen molar-refractivity contribution in [3.05, 3.63) is 58.6 Å². The largest absolute Gasteiger partial charge is 0.344 e. The molecule has 0 heterocycles. The Hall–Kier alpha value is -1.51. The summed E-state index contributed by atoms with van der Waals surface area (Å²) in [7, 11) is 2.09. The number of hydrogen-bond donors (Lipinski definition) is 1. The van der Waals surface area contributed by atoms with Crippen LogP contribution in [0.5, 0.6) is 0 Å². The number of para-hydroxylation sites is 1. The Morgan fingerprint density at radius 2 is 1.81 bits per heavy atom. The Balaban J connectivity index is 2.37. The molecule has 21 heavy (non-hydrogen) atoms. The quantitative estimate of drug-likeness (QED) is 0.844. The highest BCUT2D eigenvalue weighted by Crippen LogP contribution is 2.31. The molecule has 2 aromatic carbocycles. The summed E-state index contributed by atoms with van der Waals surface area (Å²) >= 11 is 6.20. The Morgan fingerprint density at radius 1 is 1.10 bits per heavy atom. The molecule has 0 radical (unpaired) electrons. The van der Waals surface area contributed by atoms with E-state index in [0.717, 1.165) is 17.3 Å². The van der Waals surface area contributed by atoms with Gasteiger partial charge >= 0.3 is 0 Å². The summed E-state index contributed by atoms with van der Waals surface area (Å²) in [6.45, 7) is 7.27. The van der Waals surface area contributed by atoms with Gasteiger partial charge in [0, 0.05) is 36.0 Å². The van der Waals surface area contributed by atoms with Gasteiger partial charge in [-0.15, -0.1) is 0 Å². The van der Waals surface area contributed by atoms with Crippen LogP contribution in [0.25, 0.3) is 0 Å². The molecule has 1 N–H and O–H groups in total. The van der Waals surface area contributed by atoms with Gasteiger partial charge in [0.1, 0.15) is 0 Å². The van der Waals surface area contributed by atoms with Gasteiger partial charge in [0.2, 0.25) is 0 Å². The molecule has 3 heteroatoms. The van der Waals surface area contributed by atoms with E-state index < -0.39 is 0 Å². The molecule has 0 spiro atoms. The van der Waals surface area contributed by atoms with Crippen LogP contribution in [0.3, 0.4) is 0 Å². The summed E-state index contributed by atoms with van der Waals surface area (Å²) in [6.07, 6.45) is 0. The van der Waals surface area contributed by atoms with Gasteiger partial charge in [0.15, 0.2) is 0 Å². The zero-order valence-corrected chi connectivity index (χ0v) is 13.9. The second kappa shape index (κ2) is 6.97. The molecule has 2 rings (SSSR count).